The summed E-state index contributed by atoms with van der Waals surface area (Å²) in [5.41, 5.74) is 4.04. The fraction of sp³-hybridized carbons (Fsp3) is 0.0769. The molecule has 0 spiro atoms. The van der Waals surface area contributed by atoms with Crippen LogP contribution in [0.15, 0.2) is 93.3 Å². The van der Waals surface area contributed by atoms with Crippen molar-refractivity contribution in [1.29, 1.82) is 0 Å². The van der Waals surface area contributed by atoms with Gasteiger partial charge in [0, 0.05) is 10.6 Å². The van der Waals surface area contributed by atoms with Gasteiger partial charge < -0.3 is 4.42 Å². The Morgan fingerprint density at radius 2 is 1.70 bits per heavy atom. The number of anilines is 1. The number of nitrogens with zero attached hydrogens (tertiary/aromatic N) is 2. The van der Waals surface area contributed by atoms with E-state index in [9.17, 15) is 13.2 Å². The predicted octanol–water partition coefficient (Wildman–Crippen LogP) is 6.56. The number of amides is 1. The molecular formula is C26H20Cl3N3O4S. The lowest BCUT2D eigenvalue weighted by atomic mass is 10.2. The number of halogens is 3. The van der Waals surface area contributed by atoms with Crippen molar-refractivity contribution in [2.45, 2.75) is 11.8 Å². The van der Waals surface area contributed by atoms with Gasteiger partial charge in [0.1, 0.15) is 18.1 Å². The fourth-order valence-corrected chi connectivity index (χ4v) is 5.61. The van der Waals surface area contributed by atoms with Crippen LogP contribution in [0.1, 0.15) is 11.3 Å². The minimum atomic E-state index is -4.10. The summed E-state index contributed by atoms with van der Waals surface area (Å²) in [5, 5.41) is 5.00. The summed E-state index contributed by atoms with van der Waals surface area (Å²) in [6.45, 7) is 1.29. The van der Waals surface area contributed by atoms with E-state index in [0.717, 1.165) is 9.87 Å². The van der Waals surface area contributed by atoms with E-state index in [1.54, 1.807) is 60.7 Å². The third kappa shape index (κ3) is 6.34. The zero-order valence-corrected chi connectivity index (χ0v) is 22.4. The molecule has 1 N–H and O–H groups in total. The Kier molecular flexibility index (Phi) is 8.24. The quantitative estimate of drug-likeness (QED) is 0.190. The van der Waals surface area contributed by atoms with E-state index < -0.39 is 22.5 Å². The van der Waals surface area contributed by atoms with Crippen LogP contribution < -0.4 is 9.73 Å². The van der Waals surface area contributed by atoms with Gasteiger partial charge in [-0.2, -0.15) is 5.10 Å². The van der Waals surface area contributed by atoms with E-state index in [1.807, 2.05) is 6.92 Å². The highest BCUT2D eigenvalue weighted by molar-refractivity contribution is 7.92. The van der Waals surface area contributed by atoms with Crippen LogP contribution >= 0.6 is 34.8 Å². The minimum Gasteiger partial charge on any atom is -0.455 e. The maximum atomic E-state index is 13.4. The lowest BCUT2D eigenvalue weighted by Crippen LogP contribution is -2.39. The summed E-state index contributed by atoms with van der Waals surface area (Å²) < 4.78 is 33.5. The third-order valence-corrected chi connectivity index (χ3v) is 7.86. The number of hydrazone groups is 1. The number of carbonyl (C=O) groups excluding carboxylic acids is 1. The Hall–Kier alpha value is -3.30. The van der Waals surface area contributed by atoms with Gasteiger partial charge in [0.25, 0.3) is 15.9 Å². The molecule has 0 aliphatic carbocycles. The van der Waals surface area contributed by atoms with Gasteiger partial charge in [-0.1, -0.05) is 64.6 Å². The lowest BCUT2D eigenvalue weighted by Gasteiger charge is -2.24. The highest BCUT2D eigenvalue weighted by atomic mass is 35.5. The standard InChI is InChI=1S/C26H20Cl3N3O4S/c1-17-6-10-20(11-7-17)37(34,35)32(24-5-3-2-4-22(24)28)16-26(33)31-30-15-19-9-13-25(36-19)21-12-8-18(27)14-23(21)29/h2-15H,16H2,1H3,(H,31,33)/b30-15-. The molecule has 0 aliphatic rings. The van der Waals surface area contributed by atoms with E-state index in [1.165, 1.54) is 24.4 Å². The second-order valence-electron chi connectivity index (χ2n) is 7.90. The van der Waals surface area contributed by atoms with E-state index in [4.69, 9.17) is 39.2 Å². The molecule has 0 aliphatic heterocycles. The predicted molar refractivity (Wildman–Crippen MR) is 147 cm³/mol. The highest BCUT2D eigenvalue weighted by Gasteiger charge is 2.28. The lowest BCUT2D eigenvalue weighted by molar-refractivity contribution is -0.119. The van der Waals surface area contributed by atoms with Crippen LogP contribution in [0, 0.1) is 6.92 Å². The largest absolute Gasteiger partial charge is 0.455 e. The number of sulfonamides is 1. The van der Waals surface area contributed by atoms with E-state index in [0.29, 0.717) is 27.1 Å². The first kappa shape index (κ1) is 26.8. The average Bonchev–Trinajstić information content (AvgIpc) is 3.32. The number of hydrogen-bond acceptors (Lipinski definition) is 5. The Morgan fingerprint density at radius 1 is 0.973 bits per heavy atom. The molecule has 1 amide bonds. The minimum absolute atomic E-state index is 0.0262. The summed E-state index contributed by atoms with van der Waals surface area (Å²) >= 11 is 18.4. The molecule has 7 nitrogen and oxygen atoms in total. The van der Waals surface area contributed by atoms with Gasteiger partial charge in [-0.25, -0.2) is 13.8 Å². The second kappa shape index (κ2) is 11.4. The first-order chi connectivity index (χ1) is 17.6. The Labute approximate surface area is 229 Å². The van der Waals surface area contributed by atoms with Gasteiger partial charge in [-0.3, -0.25) is 9.10 Å². The van der Waals surface area contributed by atoms with Crippen molar-refractivity contribution in [3.63, 3.8) is 0 Å². The van der Waals surface area contributed by atoms with Crippen LogP contribution in [-0.2, 0) is 14.8 Å². The van der Waals surface area contributed by atoms with Crippen LogP contribution in [-0.4, -0.2) is 27.1 Å². The van der Waals surface area contributed by atoms with Gasteiger partial charge in [-0.05, 0) is 61.5 Å². The number of aryl methyl sites for hydroxylation is 1. The number of benzene rings is 3. The van der Waals surface area contributed by atoms with Gasteiger partial charge in [-0.15, -0.1) is 0 Å². The average molecular weight is 577 g/mol. The maximum Gasteiger partial charge on any atom is 0.264 e. The smallest absolute Gasteiger partial charge is 0.264 e. The van der Waals surface area contributed by atoms with Crippen molar-refractivity contribution < 1.29 is 17.6 Å². The van der Waals surface area contributed by atoms with E-state index >= 15 is 0 Å². The molecule has 0 unspecified atom stereocenters. The zero-order valence-electron chi connectivity index (χ0n) is 19.4. The molecule has 4 aromatic rings. The van der Waals surface area contributed by atoms with Gasteiger partial charge in [0.05, 0.1) is 26.8 Å². The number of carbonyl (C=O) groups is 1. The topological polar surface area (TPSA) is 92.0 Å². The molecule has 0 saturated carbocycles. The monoisotopic (exact) mass is 575 g/mol. The third-order valence-electron chi connectivity index (χ3n) is 5.22. The first-order valence-electron chi connectivity index (χ1n) is 10.9. The van der Waals surface area contributed by atoms with Gasteiger partial charge in [0.15, 0.2) is 0 Å². The normalized spacial score (nSPS) is 11.6. The van der Waals surface area contributed by atoms with Crippen molar-refractivity contribution >= 4 is 62.6 Å². The van der Waals surface area contributed by atoms with Crippen LogP contribution in [0.3, 0.4) is 0 Å². The molecular weight excluding hydrogens is 557 g/mol. The number of rotatable bonds is 8. The summed E-state index contributed by atoms with van der Waals surface area (Å²) in [7, 11) is -4.10. The number of furan rings is 1. The molecule has 190 valence electrons. The molecule has 3 aromatic carbocycles. The van der Waals surface area contributed by atoms with Crippen molar-refractivity contribution in [1.82, 2.24) is 5.43 Å². The summed E-state index contributed by atoms with van der Waals surface area (Å²) in [6, 6.07) is 21.1. The molecule has 0 bridgehead atoms. The summed E-state index contributed by atoms with van der Waals surface area (Å²) in [6.07, 6.45) is 1.29. The van der Waals surface area contributed by atoms with E-state index in [-0.39, 0.29) is 15.6 Å². The molecule has 0 atom stereocenters. The maximum absolute atomic E-state index is 13.4. The molecule has 1 heterocycles. The number of para-hydroxylation sites is 1. The van der Waals surface area contributed by atoms with Crippen molar-refractivity contribution in [2.24, 2.45) is 5.10 Å². The number of nitrogens with one attached hydrogen (secondary N) is 1. The van der Waals surface area contributed by atoms with Crippen LogP contribution in [0.4, 0.5) is 5.69 Å². The molecule has 4 rings (SSSR count). The Bertz CT molecular complexity index is 1570. The Morgan fingerprint density at radius 3 is 2.41 bits per heavy atom. The van der Waals surface area contributed by atoms with Crippen LogP contribution in [0.2, 0.25) is 15.1 Å². The molecule has 0 saturated heterocycles. The van der Waals surface area contributed by atoms with Crippen molar-refractivity contribution in [3.05, 3.63) is 105 Å². The molecule has 11 heteroatoms. The molecule has 1 aromatic heterocycles. The molecule has 0 fully saturated rings. The number of hydrogen-bond donors (Lipinski definition) is 1. The van der Waals surface area contributed by atoms with E-state index in [2.05, 4.69) is 10.5 Å². The SMILES string of the molecule is Cc1ccc(S(=O)(=O)N(CC(=O)N/N=C\c2ccc(-c3ccc(Cl)cc3Cl)o2)c2ccccc2Cl)cc1. The fourth-order valence-electron chi connectivity index (χ4n) is 3.38. The van der Waals surface area contributed by atoms with Gasteiger partial charge in [0.2, 0.25) is 0 Å². The van der Waals surface area contributed by atoms with Crippen molar-refractivity contribution in [3.8, 4) is 11.3 Å². The summed E-state index contributed by atoms with van der Waals surface area (Å²) in [4.78, 5) is 12.8. The second-order valence-corrected chi connectivity index (χ2v) is 11.0. The van der Waals surface area contributed by atoms with Crippen LogP contribution in [0.25, 0.3) is 11.3 Å². The van der Waals surface area contributed by atoms with Crippen molar-refractivity contribution in [2.75, 3.05) is 10.8 Å². The zero-order chi connectivity index (χ0) is 26.6. The van der Waals surface area contributed by atoms with Crippen LogP contribution in [0.5, 0.6) is 0 Å². The molecule has 37 heavy (non-hydrogen) atoms. The van der Waals surface area contributed by atoms with Gasteiger partial charge >= 0.3 is 0 Å². The Balaban J connectivity index is 1.51. The highest BCUT2D eigenvalue weighted by Crippen LogP contribution is 2.32. The molecule has 0 radical (unpaired) electrons. The summed E-state index contributed by atoms with van der Waals surface area (Å²) in [5.74, 6) is 0.152. The first-order valence-corrected chi connectivity index (χ1v) is 13.4.